The summed E-state index contributed by atoms with van der Waals surface area (Å²) in [4.78, 5) is 0. The van der Waals surface area contributed by atoms with Gasteiger partial charge in [0.1, 0.15) is 0 Å². The Hall–Kier alpha value is -2.00. The average molecular weight is 495 g/mol. The normalized spacial score (nSPS) is 25.0. The zero-order valence-electron chi connectivity index (χ0n) is 22.1. The van der Waals surface area contributed by atoms with Crippen LogP contribution in [-0.2, 0) is 17.8 Å². The van der Waals surface area contributed by atoms with E-state index in [4.69, 9.17) is 4.74 Å². The van der Waals surface area contributed by atoms with Crippen molar-refractivity contribution in [3.05, 3.63) is 83.4 Å². The van der Waals surface area contributed by atoms with E-state index in [0.717, 1.165) is 11.5 Å². The zero-order chi connectivity index (χ0) is 25.4. The minimum absolute atomic E-state index is 0.0736. The fourth-order valence-corrected chi connectivity index (χ4v) is 6.24. The summed E-state index contributed by atoms with van der Waals surface area (Å²) in [6.07, 6.45) is 12.2. The van der Waals surface area contributed by atoms with Crippen molar-refractivity contribution in [1.82, 2.24) is 0 Å². The van der Waals surface area contributed by atoms with Crippen molar-refractivity contribution >= 4 is 0 Å². The molecule has 1 nitrogen and oxygen atoms in total. The molecule has 2 saturated carbocycles. The maximum atomic E-state index is 14.6. The monoisotopic (exact) mass is 494 g/mol. The Morgan fingerprint density at radius 2 is 1.33 bits per heavy atom. The fourth-order valence-electron chi connectivity index (χ4n) is 6.24. The van der Waals surface area contributed by atoms with E-state index < -0.39 is 6.11 Å². The molecule has 2 aromatic carbocycles. The molecule has 2 aliphatic rings. The van der Waals surface area contributed by atoms with Gasteiger partial charge in [-0.2, -0.15) is 8.78 Å². The summed E-state index contributed by atoms with van der Waals surface area (Å²) in [7, 11) is 0. The molecule has 0 spiro atoms. The van der Waals surface area contributed by atoms with Gasteiger partial charge in [0.2, 0.25) is 0 Å². The van der Waals surface area contributed by atoms with Gasteiger partial charge >= 0.3 is 6.11 Å². The molecule has 0 amide bonds. The van der Waals surface area contributed by atoms with Gasteiger partial charge in [-0.15, -0.1) is 6.58 Å². The Morgan fingerprint density at radius 3 is 1.86 bits per heavy atom. The van der Waals surface area contributed by atoms with Gasteiger partial charge in [-0.1, -0.05) is 80.8 Å². The van der Waals surface area contributed by atoms with Crippen LogP contribution in [0.25, 0.3) is 0 Å². The molecule has 2 aromatic rings. The van der Waals surface area contributed by atoms with E-state index in [9.17, 15) is 8.78 Å². The first kappa shape index (κ1) is 27.0. The third-order valence-electron chi connectivity index (χ3n) is 8.68. The topological polar surface area (TPSA) is 9.23 Å². The number of rotatable bonds is 11. The van der Waals surface area contributed by atoms with Crippen molar-refractivity contribution in [2.75, 3.05) is 0 Å². The zero-order valence-corrected chi connectivity index (χ0v) is 22.1. The van der Waals surface area contributed by atoms with E-state index in [1.54, 1.807) is 0 Å². The Morgan fingerprint density at radius 1 is 0.806 bits per heavy atom. The van der Waals surface area contributed by atoms with E-state index in [1.165, 1.54) is 81.8 Å². The Kier molecular flexibility index (Phi) is 9.76. The van der Waals surface area contributed by atoms with Gasteiger partial charge in [-0.05, 0) is 97.3 Å². The lowest BCUT2D eigenvalue weighted by Crippen LogP contribution is -2.23. The smallest absolute Gasteiger partial charge is 0.315 e. The lowest BCUT2D eigenvalue weighted by atomic mass is 9.77. The number of hydrogen-bond acceptors (Lipinski definition) is 1. The van der Waals surface area contributed by atoms with E-state index in [-0.39, 0.29) is 13.0 Å². The van der Waals surface area contributed by atoms with Crippen LogP contribution < -0.4 is 0 Å². The molecule has 0 unspecified atom stereocenters. The molecule has 0 bridgehead atoms. The molecule has 0 radical (unpaired) electrons. The third-order valence-corrected chi connectivity index (χ3v) is 8.68. The van der Waals surface area contributed by atoms with Crippen molar-refractivity contribution in [2.24, 2.45) is 11.8 Å². The van der Waals surface area contributed by atoms with Crippen molar-refractivity contribution in [2.45, 2.75) is 109 Å². The number of benzene rings is 2. The van der Waals surface area contributed by atoms with Crippen molar-refractivity contribution in [3.8, 4) is 0 Å². The first-order valence-electron chi connectivity index (χ1n) is 14.3. The molecule has 2 aliphatic carbocycles. The lowest BCUT2D eigenvalue weighted by molar-refractivity contribution is -0.244. The molecule has 0 aromatic heterocycles. The van der Waals surface area contributed by atoms with Gasteiger partial charge in [0.05, 0.1) is 13.0 Å². The largest absolute Gasteiger partial charge is 0.360 e. The van der Waals surface area contributed by atoms with E-state index >= 15 is 0 Å². The maximum absolute atomic E-state index is 14.6. The third kappa shape index (κ3) is 7.75. The molecular formula is C33H44F2O. The Balaban J connectivity index is 1.23. The average Bonchev–Trinajstić information content (AvgIpc) is 2.92. The first-order chi connectivity index (χ1) is 17.5. The van der Waals surface area contributed by atoms with Gasteiger partial charge in [0.15, 0.2) is 0 Å². The molecule has 0 saturated heterocycles. The summed E-state index contributed by atoms with van der Waals surface area (Å²) >= 11 is 0. The van der Waals surface area contributed by atoms with Crippen LogP contribution in [-0.4, -0.2) is 6.11 Å². The summed E-state index contributed by atoms with van der Waals surface area (Å²) in [5.41, 5.74) is 4.03. The van der Waals surface area contributed by atoms with Gasteiger partial charge < -0.3 is 4.74 Å². The second kappa shape index (κ2) is 13.0. The predicted molar refractivity (Wildman–Crippen MR) is 145 cm³/mol. The van der Waals surface area contributed by atoms with Crippen LogP contribution >= 0.6 is 0 Å². The number of unbranched alkanes of at least 4 members (excludes halogenated alkanes) is 1. The van der Waals surface area contributed by atoms with Crippen LogP contribution in [0.15, 0.2) is 61.2 Å². The Labute approximate surface area is 217 Å². The van der Waals surface area contributed by atoms with Crippen LogP contribution in [0.3, 0.4) is 0 Å². The summed E-state index contributed by atoms with van der Waals surface area (Å²) in [6, 6.07) is 15.9. The molecule has 0 N–H and O–H groups in total. The predicted octanol–water partition coefficient (Wildman–Crippen LogP) is 9.96. The minimum Gasteiger partial charge on any atom is -0.315 e. The SMILES string of the molecule is C=CC1CCC(c2ccc(COC(F)(F)Cc3ccc(C4CCC(CCCC)CC4)cc3)cc2)CC1. The van der Waals surface area contributed by atoms with Gasteiger partial charge in [0, 0.05) is 0 Å². The number of ether oxygens (including phenoxy) is 1. The summed E-state index contributed by atoms with van der Waals surface area (Å²) in [6.45, 7) is 6.10. The van der Waals surface area contributed by atoms with Crippen LogP contribution in [0.2, 0.25) is 0 Å². The van der Waals surface area contributed by atoms with Crippen molar-refractivity contribution in [3.63, 3.8) is 0 Å². The van der Waals surface area contributed by atoms with Gasteiger partial charge in [0.25, 0.3) is 0 Å². The molecule has 4 rings (SSSR count). The van der Waals surface area contributed by atoms with Crippen molar-refractivity contribution in [1.29, 1.82) is 0 Å². The highest BCUT2D eigenvalue weighted by molar-refractivity contribution is 5.27. The first-order valence-corrected chi connectivity index (χ1v) is 14.3. The molecule has 0 atom stereocenters. The number of allylic oxidation sites excluding steroid dienone is 1. The highest BCUT2D eigenvalue weighted by Crippen LogP contribution is 2.38. The molecule has 2 fully saturated rings. The quantitative estimate of drug-likeness (QED) is 0.282. The van der Waals surface area contributed by atoms with Crippen LogP contribution in [0.5, 0.6) is 0 Å². The summed E-state index contributed by atoms with van der Waals surface area (Å²) < 4.78 is 34.3. The van der Waals surface area contributed by atoms with Gasteiger partial charge in [-0.25, -0.2) is 0 Å². The van der Waals surface area contributed by atoms with Crippen molar-refractivity contribution < 1.29 is 13.5 Å². The highest BCUT2D eigenvalue weighted by atomic mass is 19.3. The van der Waals surface area contributed by atoms with Crippen LogP contribution in [0, 0.1) is 11.8 Å². The molecule has 0 heterocycles. The van der Waals surface area contributed by atoms with Crippen LogP contribution in [0.4, 0.5) is 8.78 Å². The summed E-state index contributed by atoms with van der Waals surface area (Å²) in [5, 5.41) is 0. The summed E-state index contributed by atoms with van der Waals surface area (Å²) in [5.74, 6) is 2.66. The lowest BCUT2D eigenvalue weighted by Gasteiger charge is -2.29. The molecule has 36 heavy (non-hydrogen) atoms. The van der Waals surface area contributed by atoms with Crippen LogP contribution in [0.1, 0.15) is 112 Å². The fraction of sp³-hybridized carbons (Fsp3) is 0.576. The van der Waals surface area contributed by atoms with E-state index in [1.807, 2.05) is 24.3 Å². The molecule has 3 heteroatoms. The number of halogens is 2. The number of alkyl halides is 2. The molecular weight excluding hydrogens is 450 g/mol. The minimum atomic E-state index is -3.18. The number of hydrogen-bond donors (Lipinski definition) is 0. The molecule has 0 aliphatic heterocycles. The van der Waals surface area contributed by atoms with E-state index in [0.29, 0.717) is 23.3 Å². The maximum Gasteiger partial charge on any atom is 0.360 e. The standard InChI is InChI=1S/C33H44F2O/c1-3-5-6-26-9-17-30(18-10-26)31-19-11-27(12-20-31)23-33(34,35)36-24-28-13-21-32(22-14-28)29-15-7-25(4-2)8-16-29/h4,11-14,19-22,25-26,29-30H,2-3,5-10,15-18,23-24H2,1H3. The second-order valence-corrected chi connectivity index (χ2v) is 11.3. The Bertz CT molecular complexity index is 917. The second-order valence-electron chi connectivity index (χ2n) is 11.3. The van der Waals surface area contributed by atoms with E-state index in [2.05, 4.69) is 43.8 Å². The highest BCUT2D eigenvalue weighted by Gasteiger charge is 2.31. The molecule has 196 valence electrons. The van der Waals surface area contributed by atoms with Gasteiger partial charge in [-0.3, -0.25) is 0 Å².